The summed E-state index contributed by atoms with van der Waals surface area (Å²) >= 11 is 2.94. The van der Waals surface area contributed by atoms with E-state index < -0.39 is 5.56 Å². The van der Waals surface area contributed by atoms with Crippen molar-refractivity contribution in [2.45, 2.75) is 38.1 Å². The number of hydrogen-bond acceptors (Lipinski definition) is 8. The van der Waals surface area contributed by atoms with Crippen LogP contribution in [0.5, 0.6) is 0 Å². The number of aromatic nitrogens is 5. The smallest absolute Gasteiger partial charge is 0.332 e. The van der Waals surface area contributed by atoms with Crippen LogP contribution in [-0.2, 0) is 19.3 Å². The number of rotatable bonds is 6. The van der Waals surface area contributed by atoms with Gasteiger partial charge in [0.15, 0.2) is 5.65 Å². The van der Waals surface area contributed by atoms with E-state index in [9.17, 15) is 9.59 Å². The summed E-state index contributed by atoms with van der Waals surface area (Å²) in [6.07, 6.45) is 1.62. The molecule has 4 aromatic rings. The minimum absolute atomic E-state index is 0.223. The maximum atomic E-state index is 12.9. The molecule has 0 saturated carbocycles. The lowest BCUT2D eigenvalue weighted by Gasteiger charge is -2.15. The molecule has 0 saturated heterocycles. The molecule has 4 rings (SSSR count). The first-order chi connectivity index (χ1) is 14.3. The molecule has 4 heterocycles. The van der Waals surface area contributed by atoms with Gasteiger partial charge < -0.3 is 4.42 Å². The molecule has 0 atom stereocenters. The number of aryl methyl sites for hydroxylation is 1. The molecule has 0 aliphatic heterocycles. The van der Waals surface area contributed by atoms with E-state index >= 15 is 0 Å². The highest BCUT2D eigenvalue weighted by molar-refractivity contribution is 7.98. The summed E-state index contributed by atoms with van der Waals surface area (Å²) < 4.78 is 8.26. The van der Waals surface area contributed by atoms with Gasteiger partial charge in [0.2, 0.25) is 5.89 Å². The monoisotopic (exact) mass is 443 g/mol. The van der Waals surface area contributed by atoms with Gasteiger partial charge in [-0.25, -0.2) is 19.7 Å². The number of thiophene rings is 1. The van der Waals surface area contributed by atoms with Crippen LogP contribution >= 0.6 is 23.1 Å². The molecule has 10 heteroatoms. The Morgan fingerprint density at radius 3 is 2.73 bits per heavy atom. The van der Waals surface area contributed by atoms with Crippen molar-refractivity contribution >= 4 is 34.1 Å². The quantitative estimate of drug-likeness (QED) is 0.333. The van der Waals surface area contributed by atoms with Gasteiger partial charge in [-0.15, -0.1) is 11.3 Å². The summed E-state index contributed by atoms with van der Waals surface area (Å²) in [4.78, 5) is 40.0. The zero-order valence-corrected chi connectivity index (χ0v) is 18.7. The van der Waals surface area contributed by atoms with E-state index in [2.05, 4.69) is 15.0 Å². The van der Waals surface area contributed by atoms with Crippen LogP contribution in [0.4, 0.5) is 0 Å². The van der Waals surface area contributed by atoms with Crippen molar-refractivity contribution in [3.8, 4) is 10.8 Å². The van der Waals surface area contributed by atoms with Crippen LogP contribution < -0.4 is 11.2 Å². The van der Waals surface area contributed by atoms with Crippen molar-refractivity contribution in [3.63, 3.8) is 0 Å². The minimum atomic E-state index is -0.392. The second-order valence-electron chi connectivity index (χ2n) is 7.34. The van der Waals surface area contributed by atoms with Crippen molar-refractivity contribution in [1.82, 2.24) is 24.1 Å². The molecule has 0 amide bonds. The molecule has 0 bridgehead atoms. The molecule has 0 fully saturated rings. The van der Waals surface area contributed by atoms with Gasteiger partial charge in [-0.3, -0.25) is 13.9 Å². The molecule has 0 unspecified atom stereocenters. The summed E-state index contributed by atoms with van der Waals surface area (Å²) in [5.74, 6) is 1.79. The Kier molecular flexibility index (Phi) is 5.61. The second-order valence-corrected chi connectivity index (χ2v) is 9.25. The molecule has 30 heavy (non-hydrogen) atoms. The lowest BCUT2D eigenvalue weighted by Crippen LogP contribution is -2.39. The van der Waals surface area contributed by atoms with Crippen molar-refractivity contribution in [2.75, 3.05) is 0 Å². The normalized spacial score (nSPS) is 11.6. The Morgan fingerprint density at radius 1 is 1.23 bits per heavy atom. The Bertz CT molecular complexity index is 1320. The van der Waals surface area contributed by atoms with Gasteiger partial charge in [-0.1, -0.05) is 31.7 Å². The maximum Gasteiger partial charge on any atom is 0.332 e. The number of hydrogen-bond donors (Lipinski definition) is 0. The van der Waals surface area contributed by atoms with E-state index in [4.69, 9.17) is 4.42 Å². The van der Waals surface area contributed by atoms with Gasteiger partial charge in [0.05, 0.1) is 10.6 Å². The fraction of sp³-hybridized carbons (Fsp3) is 0.350. The molecule has 0 spiro atoms. The van der Waals surface area contributed by atoms with Gasteiger partial charge in [0.25, 0.3) is 5.56 Å². The van der Waals surface area contributed by atoms with Gasteiger partial charge in [0, 0.05) is 19.3 Å². The van der Waals surface area contributed by atoms with Gasteiger partial charge in [0.1, 0.15) is 22.5 Å². The average Bonchev–Trinajstić information content (AvgIpc) is 3.38. The van der Waals surface area contributed by atoms with E-state index in [-0.39, 0.29) is 11.6 Å². The number of nitrogens with zero attached hydrogens (tertiary/aromatic N) is 5. The molecule has 0 N–H and O–H groups in total. The molecule has 4 aromatic heterocycles. The van der Waals surface area contributed by atoms with Crippen LogP contribution in [0.25, 0.3) is 21.8 Å². The van der Waals surface area contributed by atoms with E-state index in [1.165, 1.54) is 18.8 Å². The Morgan fingerprint density at radius 2 is 2.03 bits per heavy atom. The first kappa shape index (κ1) is 20.5. The fourth-order valence-electron chi connectivity index (χ4n) is 3.10. The second kappa shape index (κ2) is 8.19. The van der Waals surface area contributed by atoms with E-state index in [0.717, 1.165) is 15.1 Å². The molecule has 0 aliphatic rings. The van der Waals surface area contributed by atoms with Crippen LogP contribution in [0.3, 0.4) is 0 Å². The first-order valence-electron chi connectivity index (χ1n) is 9.44. The summed E-state index contributed by atoms with van der Waals surface area (Å²) in [7, 11) is 1.49. The third-order valence-corrected chi connectivity index (χ3v) is 6.32. The topological polar surface area (TPSA) is 95.8 Å². The zero-order valence-electron chi connectivity index (χ0n) is 17.1. The van der Waals surface area contributed by atoms with Crippen molar-refractivity contribution < 1.29 is 4.42 Å². The Balaban J connectivity index is 1.75. The molecular formula is C20H21N5O3S2. The standard InChI is InChI=1S/C20H21N5O3S2/c1-11(2)8-25-16-15(19(26)24(4)20(25)27)18(22-12(3)21-16)30-10-13-9-28-17(23-13)14-6-5-7-29-14/h5-7,9,11H,8,10H2,1-4H3. The van der Waals surface area contributed by atoms with Crippen LogP contribution in [0.2, 0.25) is 0 Å². The molecule has 0 aliphatic carbocycles. The van der Waals surface area contributed by atoms with Crippen molar-refractivity contribution in [2.24, 2.45) is 13.0 Å². The molecule has 8 nitrogen and oxygen atoms in total. The zero-order chi connectivity index (χ0) is 21.4. The lowest BCUT2D eigenvalue weighted by atomic mass is 10.2. The summed E-state index contributed by atoms with van der Waals surface area (Å²) in [5.41, 5.74) is 0.371. The van der Waals surface area contributed by atoms with E-state index in [1.54, 1.807) is 29.1 Å². The Labute approximate surface area is 180 Å². The van der Waals surface area contributed by atoms with E-state index in [0.29, 0.717) is 40.1 Å². The third kappa shape index (κ3) is 3.84. The fourth-order valence-corrected chi connectivity index (χ4v) is 4.70. The van der Waals surface area contributed by atoms with Crippen molar-refractivity contribution in [3.05, 3.63) is 56.1 Å². The highest BCUT2D eigenvalue weighted by Crippen LogP contribution is 2.28. The average molecular weight is 444 g/mol. The molecular weight excluding hydrogens is 422 g/mol. The predicted molar refractivity (Wildman–Crippen MR) is 118 cm³/mol. The molecule has 156 valence electrons. The summed E-state index contributed by atoms with van der Waals surface area (Å²) in [6, 6.07) is 3.90. The van der Waals surface area contributed by atoms with Crippen LogP contribution in [-0.4, -0.2) is 24.1 Å². The van der Waals surface area contributed by atoms with E-state index in [1.807, 2.05) is 31.4 Å². The largest absolute Gasteiger partial charge is 0.444 e. The number of oxazole rings is 1. The third-order valence-electron chi connectivity index (χ3n) is 4.45. The molecule has 0 radical (unpaired) electrons. The predicted octanol–water partition coefficient (Wildman–Crippen LogP) is 3.46. The Hall–Kier alpha value is -2.72. The van der Waals surface area contributed by atoms with Crippen LogP contribution in [0.1, 0.15) is 25.4 Å². The SMILES string of the molecule is Cc1nc(SCc2coc(-c3cccs3)n2)c2c(=O)n(C)c(=O)n(CC(C)C)c2n1. The minimum Gasteiger partial charge on any atom is -0.444 e. The highest BCUT2D eigenvalue weighted by Gasteiger charge is 2.19. The van der Waals surface area contributed by atoms with Gasteiger partial charge >= 0.3 is 5.69 Å². The number of thioether (sulfide) groups is 1. The lowest BCUT2D eigenvalue weighted by molar-refractivity contribution is 0.498. The van der Waals surface area contributed by atoms with Crippen LogP contribution in [0.15, 0.2) is 42.8 Å². The maximum absolute atomic E-state index is 12.9. The van der Waals surface area contributed by atoms with Gasteiger partial charge in [-0.2, -0.15) is 0 Å². The van der Waals surface area contributed by atoms with Gasteiger partial charge in [-0.05, 0) is 24.3 Å². The van der Waals surface area contributed by atoms with Crippen molar-refractivity contribution in [1.29, 1.82) is 0 Å². The molecule has 0 aromatic carbocycles. The first-order valence-corrected chi connectivity index (χ1v) is 11.3. The summed E-state index contributed by atoms with van der Waals surface area (Å²) in [5, 5.41) is 2.86. The highest BCUT2D eigenvalue weighted by atomic mass is 32.2. The number of fused-ring (bicyclic) bond motifs is 1. The van der Waals surface area contributed by atoms with Crippen LogP contribution in [0, 0.1) is 12.8 Å². The summed E-state index contributed by atoms with van der Waals surface area (Å²) in [6.45, 7) is 6.26.